The van der Waals surface area contributed by atoms with Gasteiger partial charge in [0.05, 0.1) is 31.2 Å². The topological polar surface area (TPSA) is 100 Å². The van der Waals surface area contributed by atoms with E-state index in [9.17, 15) is 14.4 Å². The van der Waals surface area contributed by atoms with Crippen LogP contribution in [0.4, 0.5) is 5.69 Å². The number of benzene rings is 1. The molecule has 11 heteroatoms. The number of amides is 3. The Balaban J connectivity index is 0.00000368. The first-order chi connectivity index (χ1) is 20.3. The van der Waals surface area contributed by atoms with E-state index >= 15 is 0 Å². The van der Waals surface area contributed by atoms with Crippen molar-refractivity contribution in [1.29, 1.82) is 0 Å². The van der Waals surface area contributed by atoms with Gasteiger partial charge in [0.25, 0.3) is 0 Å². The SMILES string of the molecule is CSc1cccc(NC(=O)C2[C@@H]3C=CC4(O3)C(C(=O)NC3CCCC(C)C3C)N(CCCN3CCOCC3)C(=O)[C@H]24)c1.Cl. The molecule has 1 aromatic carbocycles. The molecule has 4 heterocycles. The van der Waals surface area contributed by atoms with Gasteiger partial charge in [0.1, 0.15) is 11.6 Å². The zero-order valence-corrected chi connectivity index (χ0v) is 27.0. The molecule has 6 unspecified atom stereocenters. The Morgan fingerprint density at radius 2 is 1.91 bits per heavy atom. The molecule has 4 fully saturated rings. The minimum Gasteiger partial charge on any atom is -0.379 e. The van der Waals surface area contributed by atoms with E-state index in [0.717, 1.165) is 43.8 Å². The van der Waals surface area contributed by atoms with Gasteiger partial charge in [-0.3, -0.25) is 19.3 Å². The third-order valence-corrected chi connectivity index (χ3v) is 11.0. The van der Waals surface area contributed by atoms with Gasteiger partial charge < -0.3 is 25.0 Å². The van der Waals surface area contributed by atoms with Crippen LogP contribution >= 0.6 is 24.2 Å². The molecule has 0 aromatic heterocycles. The zero-order chi connectivity index (χ0) is 29.4. The minimum atomic E-state index is -1.14. The van der Waals surface area contributed by atoms with Gasteiger partial charge in [-0.1, -0.05) is 44.9 Å². The van der Waals surface area contributed by atoms with E-state index in [0.29, 0.717) is 37.3 Å². The Bertz CT molecular complexity index is 1230. The summed E-state index contributed by atoms with van der Waals surface area (Å²) in [5.74, 6) is -1.12. The van der Waals surface area contributed by atoms with Crippen LogP contribution in [0.15, 0.2) is 41.3 Å². The summed E-state index contributed by atoms with van der Waals surface area (Å²) in [5, 5.41) is 6.38. The van der Waals surface area contributed by atoms with Crippen molar-refractivity contribution in [2.24, 2.45) is 23.7 Å². The largest absolute Gasteiger partial charge is 0.379 e. The lowest BCUT2D eigenvalue weighted by atomic mass is 9.73. The van der Waals surface area contributed by atoms with Gasteiger partial charge in [-0.15, -0.1) is 24.2 Å². The molecule has 2 bridgehead atoms. The highest BCUT2D eigenvalue weighted by Gasteiger charge is 2.72. The van der Waals surface area contributed by atoms with E-state index in [1.54, 1.807) is 16.7 Å². The highest BCUT2D eigenvalue weighted by molar-refractivity contribution is 7.98. The van der Waals surface area contributed by atoms with Crippen LogP contribution in [0.5, 0.6) is 0 Å². The summed E-state index contributed by atoms with van der Waals surface area (Å²) >= 11 is 1.60. The Labute approximate surface area is 265 Å². The first kappa shape index (κ1) is 32.3. The van der Waals surface area contributed by atoms with Crippen molar-refractivity contribution >= 4 is 47.6 Å². The molecule has 5 aliphatic rings. The van der Waals surface area contributed by atoms with Crippen molar-refractivity contribution in [3.05, 3.63) is 36.4 Å². The van der Waals surface area contributed by atoms with Crippen LogP contribution in [-0.4, -0.2) is 97.0 Å². The summed E-state index contributed by atoms with van der Waals surface area (Å²) in [6, 6.07) is 6.94. The summed E-state index contributed by atoms with van der Waals surface area (Å²) in [6.45, 7) is 8.89. The van der Waals surface area contributed by atoms with Crippen LogP contribution in [0.3, 0.4) is 0 Å². The second-order valence-electron chi connectivity index (χ2n) is 12.6. The maximum atomic E-state index is 14.3. The number of hydrogen-bond donors (Lipinski definition) is 2. The van der Waals surface area contributed by atoms with E-state index in [-0.39, 0.29) is 36.2 Å². The third kappa shape index (κ3) is 6.10. The number of carbonyl (C=O) groups is 3. The highest BCUT2D eigenvalue weighted by atomic mass is 35.5. The Kier molecular flexibility index (Phi) is 10.1. The van der Waals surface area contributed by atoms with Crippen LogP contribution < -0.4 is 10.6 Å². The van der Waals surface area contributed by atoms with E-state index in [4.69, 9.17) is 9.47 Å². The predicted molar refractivity (Wildman–Crippen MR) is 169 cm³/mol. The lowest BCUT2D eigenvalue weighted by molar-refractivity contribution is -0.141. The molecule has 3 saturated heterocycles. The molecule has 3 amide bonds. The average Bonchev–Trinajstić information content (AvgIpc) is 3.63. The van der Waals surface area contributed by atoms with Crippen molar-refractivity contribution in [3.63, 3.8) is 0 Å². The van der Waals surface area contributed by atoms with Gasteiger partial charge >= 0.3 is 0 Å². The van der Waals surface area contributed by atoms with Gasteiger partial charge in [-0.05, 0) is 49.1 Å². The quantitative estimate of drug-likeness (QED) is 0.317. The summed E-state index contributed by atoms with van der Waals surface area (Å²) < 4.78 is 12.0. The van der Waals surface area contributed by atoms with E-state index in [1.807, 2.05) is 42.7 Å². The number of halogens is 1. The maximum Gasteiger partial charge on any atom is 0.246 e. The molecule has 0 radical (unpaired) electrons. The van der Waals surface area contributed by atoms with Gasteiger partial charge in [0.15, 0.2) is 0 Å². The molecule has 1 saturated carbocycles. The van der Waals surface area contributed by atoms with Gasteiger partial charge in [-0.2, -0.15) is 0 Å². The number of nitrogens with one attached hydrogen (secondary N) is 2. The Hall–Kier alpha value is -2.11. The fourth-order valence-electron chi connectivity index (χ4n) is 7.77. The Morgan fingerprint density at radius 1 is 1.12 bits per heavy atom. The standard InChI is InChI=1S/C32H44N4O5S.ClH/c1-20-7-4-10-24(21(20)2)34-30(38)28-32-12-11-25(41-32)26(29(37)33-22-8-5-9-23(19-22)42-3)27(32)31(39)36(28)14-6-13-35-15-17-40-18-16-35;/h5,8-9,11-12,19-21,24-28H,4,6-7,10,13-18H2,1-3H3,(H,33,37)(H,34,38);1H/t20?,21?,24?,25-,26?,27-,28?,32?;/m0./s1. The molecule has 2 N–H and O–H groups in total. The minimum absolute atomic E-state index is 0. The first-order valence-corrected chi connectivity index (χ1v) is 16.8. The van der Waals surface area contributed by atoms with Crippen LogP contribution in [0.25, 0.3) is 0 Å². The van der Waals surface area contributed by atoms with Crippen molar-refractivity contribution in [1.82, 2.24) is 15.1 Å². The van der Waals surface area contributed by atoms with Gasteiger partial charge in [-0.25, -0.2) is 0 Å². The Morgan fingerprint density at radius 3 is 2.67 bits per heavy atom. The second-order valence-corrected chi connectivity index (χ2v) is 13.5. The molecule has 6 rings (SSSR count). The fourth-order valence-corrected chi connectivity index (χ4v) is 8.23. The fraction of sp³-hybridized carbons (Fsp3) is 0.656. The summed E-state index contributed by atoms with van der Waals surface area (Å²) in [7, 11) is 0. The number of fused-ring (bicyclic) bond motifs is 1. The lowest BCUT2D eigenvalue weighted by Gasteiger charge is -2.38. The summed E-state index contributed by atoms with van der Waals surface area (Å²) in [4.78, 5) is 47.3. The van der Waals surface area contributed by atoms with Crippen molar-refractivity contribution < 1.29 is 23.9 Å². The molecule has 1 aliphatic carbocycles. The normalized spacial score (nSPS) is 35.0. The number of thioether (sulfide) groups is 1. The number of nitrogens with zero attached hydrogens (tertiary/aromatic N) is 2. The number of likely N-dealkylation sites (tertiary alicyclic amines) is 1. The van der Waals surface area contributed by atoms with Crippen molar-refractivity contribution in [3.8, 4) is 0 Å². The molecule has 43 heavy (non-hydrogen) atoms. The molecule has 9 nitrogen and oxygen atoms in total. The number of rotatable bonds is 9. The van der Waals surface area contributed by atoms with Crippen LogP contribution in [-0.2, 0) is 23.9 Å². The molecule has 236 valence electrons. The number of anilines is 1. The molecule has 8 atom stereocenters. The molecule has 1 aromatic rings. The van der Waals surface area contributed by atoms with Crippen LogP contribution in [0.1, 0.15) is 39.5 Å². The van der Waals surface area contributed by atoms with Gasteiger partial charge in [0.2, 0.25) is 17.7 Å². The molecule has 4 aliphatic heterocycles. The van der Waals surface area contributed by atoms with Gasteiger partial charge in [0, 0.05) is 42.8 Å². The molecule has 1 spiro atoms. The maximum absolute atomic E-state index is 14.3. The number of morpholine rings is 1. The lowest BCUT2D eigenvalue weighted by Crippen LogP contribution is -2.58. The van der Waals surface area contributed by atoms with Crippen molar-refractivity contribution in [2.75, 3.05) is 51.0 Å². The average molecular weight is 633 g/mol. The summed E-state index contributed by atoms with van der Waals surface area (Å²) in [6.07, 6.45) is 9.15. The zero-order valence-electron chi connectivity index (χ0n) is 25.3. The van der Waals surface area contributed by atoms with Crippen LogP contribution in [0, 0.1) is 23.7 Å². The predicted octanol–water partition coefficient (Wildman–Crippen LogP) is 3.58. The highest BCUT2D eigenvalue weighted by Crippen LogP contribution is 2.55. The van der Waals surface area contributed by atoms with Crippen molar-refractivity contribution in [2.45, 2.75) is 68.2 Å². The number of hydrogen-bond acceptors (Lipinski definition) is 7. The summed E-state index contributed by atoms with van der Waals surface area (Å²) in [5.41, 5.74) is -0.451. The molecular weight excluding hydrogens is 588 g/mol. The third-order valence-electron chi connectivity index (χ3n) is 10.3. The van der Waals surface area contributed by atoms with Crippen LogP contribution in [0.2, 0.25) is 0 Å². The number of ether oxygens (including phenoxy) is 2. The molecular formula is C32H45ClN4O5S. The van der Waals surface area contributed by atoms with E-state index < -0.39 is 29.6 Å². The number of carbonyl (C=O) groups excluding carboxylic acids is 3. The van der Waals surface area contributed by atoms with E-state index in [1.165, 1.54) is 6.42 Å². The second kappa shape index (κ2) is 13.5. The first-order valence-electron chi connectivity index (χ1n) is 15.6. The monoisotopic (exact) mass is 632 g/mol. The smallest absolute Gasteiger partial charge is 0.246 e. The van der Waals surface area contributed by atoms with E-state index in [2.05, 4.69) is 29.4 Å².